The van der Waals surface area contributed by atoms with Crippen LogP contribution >= 0.6 is 11.8 Å². The van der Waals surface area contributed by atoms with Crippen LogP contribution in [0, 0.1) is 20.8 Å². The fourth-order valence-electron chi connectivity index (χ4n) is 2.43. The molecule has 0 unspecified atom stereocenters. The van der Waals surface area contributed by atoms with Crippen molar-refractivity contribution in [3.8, 4) is 0 Å². The minimum absolute atomic E-state index is 0.0125. The highest BCUT2D eigenvalue weighted by Gasteiger charge is 2.12. The van der Waals surface area contributed by atoms with Crippen LogP contribution in [0.3, 0.4) is 0 Å². The predicted molar refractivity (Wildman–Crippen MR) is 113 cm³/mol. The highest BCUT2D eigenvalue weighted by atomic mass is 32.2. The van der Waals surface area contributed by atoms with Gasteiger partial charge in [-0.15, -0.1) is 5.10 Å². The number of aryl methyl sites for hydroxylation is 2. The molecule has 29 heavy (non-hydrogen) atoms. The van der Waals surface area contributed by atoms with Gasteiger partial charge < -0.3 is 9.73 Å². The molecule has 3 aromatic rings. The van der Waals surface area contributed by atoms with Crippen LogP contribution in [-0.2, 0) is 4.79 Å². The smallest absolute Gasteiger partial charge is 0.325 e. The van der Waals surface area contributed by atoms with Crippen LogP contribution in [0.15, 0.2) is 39.9 Å². The maximum Gasteiger partial charge on any atom is 0.325 e. The molecular weight excluding hydrogens is 390 g/mol. The van der Waals surface area contributed by atoms with E-state index in [2.05, 4.69) is 25.8 Å². The normalized spacial score (nSPS) is 11.0. The number of amides is 3. The number of nitrogens with zero attached hydrogens (tertiary/aromatic N) is 2. The lowest BCUT2D eigenvalue weighted by Gasteiger charge is -2.10. The van der Waals surface area contributed by atoms with E-state index >= 15 is 0 Å². The number of aromatic amines is 1. The number of carbonyl (C=O) groups is 2. The average molecular weight is 411 g/mol. The number of furan rings is 1. The van der Waals surface area contributed by atoms with Crippen LogP contribution in [0.4, 0.5) is 10.5 Å². The predicted octanol–water partition coefficient (Wildman–Crippen LogP) is 3.93. The number of aromatic nitrogens is 3. The van der Waals surface area contributed by atoms with Crippen molar-refractivity contribution >= 4 is 41.5 Å². The van der Waals surface area contributed by atoms with Gasteiger partial charge in [-0.05, 0) is 62.2 Å². The van der Waals surface area contributed by atoms with E-state index in [0.717, 1.165) is 28.6 Å². The Bertz CT molecular complexity index is 1050. The summed E-state index contributed by atoms with van der Waals surface area (Å²) >= 11 is 1.13. The van der Waals surface area contributed by atoms with Gasteiger partial charge in [-0.1, -0.05) is 23.9 Å². The molecule has 0 aliphatic heterocycles. The molecular formula is C20H21N5O3S. The SMILES string of the molecule is Cc1ccc(/C=C/c2nc(SCC(=O)NC(=O)Nc3cccc(C)c3C)n[nH]2)o1. The zero-order valence-corrected chi connectivity index (χ0v) is 17.1. The first-order valence-electron chi connectivity index (χ1n) is 8.87. The summed E-state index contributed by atoms with van der Waals surface area (Å²) in [6.07, 6.45) is 3.50. The van der Waals surface area contributed by atoms with Gasteiger partial charge >= 0.3 is 6.03 Å². The second-order valence-corrected chi connectivity index (χ2v) is 7.27. The molecule has 150 valence electrons. The van der Waals surface area contributed by atoms with Crippen LogP contribution in [0.1, 0.15) is 28.5 Å². The van der Waals surface area contributed by atoms with E-state index in [4.69, 9.17) is 4.42 Å². The molecule has 0 bridgehead atoms. The summed E-state index contributed by atoms with van der Waals surface area (Å²) in [5.41, 5.74) is 2.68. The molecule has 3 rings (SSSR count). The molecule has 2 heterocycles. The Morgan fingerprint density at radius 3 is 2.76 bits per heavy atom. The van der Waals surface area contributed by atoms with E-state index in [9.17, 15) is 9.59 Å². The van der Waals surface area contributed by atoms with Gasteiger partial charge in [0.2, 0.25) is 11.1 Å². The molecule has 0 radical (unpaired) electrons. The zero-order valence-electron chi connectivity index (χ0n) is 16.3. The molecule has 0 aliphatic carbocycles. The van der Waals surface area contributed by atoms with Crippen molar-refractivity contribution in [2.75, 3.05) is 11.1 Å². The Kier molecular flexibility index (Phi) is 6.50. The third kappa shape index (κ3) is 5.82. The topological polar surface area (TPSA) is 113 Å². The monoisotopic (exact) mass is 411 g/mol. The van der Waals surface area contributed by atoms with Crippen molar-refractivity contribution in [1.82, 2.24) is 20.5 Å². The lowest BCUT2D eigenvalue weighted by molar-refractivity contribution is -0.117. The number of hydrogen-bond acceptors (Lipinski definition) is 6. The second kappa shape index (κ2) is 9.24. The van der Waals surface area contributed by atoms with Crippen LogP contribution < -0.4 is 10.6 Å². The molecule has 0 saturated carbocycles. The summed E-state index contributed by atoms with van der Waals surface area (Å²) in [7, 11) is 0. The molecule has 9 heteroatoms. The second-order valence-electron chi connectivity index (χ2n) is 6.32. The molecule has 0 atom stereocenters. The minimum Gasteiger partial charge on any atom is -0.462 e. The Morgan fingerprint density at radius 2 is 2.00 bits per heavy atom. The van der Waals surface area contributed by atoms with Gasteiger partial charge in [-0.3, -0.25) is 15.2 Å². The van der Waals surface area contributed by atoms with Gasteiger partial charge in [-0.25, -0.2) is 9.78 Å². The molecule has 3 amide bonds. The number of anilines is 1. The zero-order chi connectivity index (χ0) is 20.8. The van der Waals surface area contributed by atoms with E-state index in [0.29, 0.717) is 22.4 Å². The number of nitrogens with one attached hydrogen (secondary N) is 3. The molecule has 2 aromatic heterocycles. The lowest BCUT2D eigenvalue weighted by atomic mass is 10.1. The summed E-state index contributed by atoms with van der Waals surface area (Å²) < 4.78 is 5.44. The fraction of sp³-hybridized carbons (Fsp3) is 0.200. The summed E-state index contributed by atoms with van der Waals surface area (Å²) in [6, 6.07) is 8.74. The Labute approximate surface area is 172 Å². The number of urea groups is 1. The third-order valence-corrected chi connectivity index (χ3v) is 4.93. The van der Waals surface area contributed by atoms with Gasteiger partial charge in [-0.2, -0.15) is 0 Å². The van der Waals surface area contributed by atoms with Crippen LogP contribution in [0.2, 0.25) is 0 Å². The minimum atomic E-state index is -0.573. The summed E-state index contributed by atoms with van der Waals surface area (Å²) in [4.78, 5) is 28.3. The number of rotatable bonds is 6. The molecule has 3 N–H and O–H groups in total. The van der Waals surface area contributed by atoms with Crippen molar-refractivity contribution in [3.63, 3.8) is 0 Å². The van der Waals surface area contributed by atoms with Gasteiger partial charge in [0.25, 0.3) is 0 Å². The lowest BCUT2D eigenvalue weighted by Crippen LogP contribution is -2.35. The standard InChI is InChI=1S/C20H21N5O3S/c1-12-5-4-6-16(14(12)3)21-19(27)23-18(26)11-29-20-22-17(24-25-20)10-9-15-8-7-13(2)28-15/h4-10H,11H2,1-3H3,(H,22,24,25)(H2,21,23,26,27)/b10-9+. The van der Waals surface area contributed by atoms with Crippen LogP contribution in [0.25, 0.3) is 12.2 Å². The number of benzene rings is 1. The molecule has 0 saturated heterocycles. The number of H-pyrrole nitrogens is 1. The van der Waals surface area contributed by atoms with Crippen LogP contribution in [-0.4, -0.2) is 32.9 Å². The number of hydrogen-bond donors (Lipinski definition) is 3. The Morgan fingerprint density at radius 1 is 1.17 bits per heavy atom. The fourth-order valence-corrected chi connectivity index (χ4v) is 3.04. The largest absolute Gasteiger partial charge is 0.462 e. The quantitative estimate of drug-likeness (QED) is 0.530. The van der Waals surface area contributed by atoms with Crippen molar-refractivity contribution in [1.29, 1.82) is 0 Å². The van der Waals surface area contributed by atoms with Gasteiger partial charge in [0.15, 0.2) is 0 Å². The summed E-state index contributed by atoms with van der Waals surface area (Å²) in [6.45, 7) is 5.73. The third-order valence-electron chi connectivity index (χ3n) is 4.09. The van der Waals surface area contributed by atoms with Crippen molar-refractivity contribution in [2.45, 2.75) is 25.9 Å². The van der Waals surface area contributed by atoms with E-state index in [1.54, 1.807) is 18.2 Å². The number of carbonyl (C=O) groups excluding carboxylic acids is 2. The first-order valence-corrected chi connectivity index (χ1v) is 9.86. The molecule has 8 nitrogen and oxygen atoms in total. The van der Waals surface area contributed by atoms with Crippen molar-refractivity contribution in [3.05, 3.63) is 58.8 Å². The van der Waals surface area contributed by atoms with Crippen LogP contribution in [0.5, 0.6) is 0 Å². The average Bonchev–Trinajstić information content (AvgIpc) is 3.30. The molecule has 0 aliphatic rings. The summed E-state index contributed by atoms with van der Waals surface area (Å²) in [5, 5.41) is 12.2. The first kappa shape index (κ1) is 20.4. The molecule has 0 spiro atoms. The van der Waals surface area contributed by atoms with Gasteiger partial charge in [0, 0.05) is 5.69 Å². The molecule has 0 fully saturated rings. The molecule has 1 aromatic carbocycles. The van der Waals surface area contributed by atoms with Gasteiger partial charge in [0.1, 0.15) is 17.3 Å². The van der Waals surface area contributed by atoms with E-state index in [1.165, 1.54) is 0 Å². The Balaban J connectivity index is 1.47. The summed E-state index contributed by atoms with van der Waals surface area (Å²) in [5.74, 6) is 1.65. The number of imide groups is 1. The van der Waals surface area contributed by atoms with Gasteiger partial charge in [0.05, 0.1) is 5.75 Å². The van der Waals surface area contributed by atoms with E-state index < -0.39 is 11.9 Å². The maximum atomic E-state index is 12.0. The maximum absolute atomic E-state index is 12.0. The Hall–Kier alpha value is -3.33. The first-order chi connectivity index (χ1) is 13.9. The highest BCUT2D eigenvalue weighted by molar-refractivity contribution is 7.99. The van der Waals surface area contributed by atoms with Crippen molar-refractivity contribution < 1.29 is 14.0 Å². The highest BCUT2D eigenvalue weighted by Crippen LogP contribution is 2.18. The van der Waals surface area contributed by atoms with E-state index in [1.807, 2.05) is 45.0 Å². The van der Waals surface area contributed by atoms with Crippen molar-refractivity contribution in [2.24, 2.45) is 0 Å². The number of thioether (sulfide) groups is 1. The van der Waals surface area contributed by atoms with E-state index in [-0.39, 0.29) is 5.75 Å².